The molecule has 1 nitrogen and oxygen atoms in total. The second-order valence-electron chi connectivity index (χ2n) is 3.02. The molecule has 0 bridgehead atoms. The van der Waals surface area contributed by atoms with E-state index in [2.05, 4.69) is 6.92 Å². The maximum Gasteiger partial charge on any atom is 0.142 e. The monoisotopic (exact) mass is 138 g/mol. The minimum absolute atomic E-state index is 0.652. The molecule has 0 aliphatic heterocycles. The van der Waals surface area contributed by atoms with Crippen LogP contribution in [0.1, 0.15) is 32.6 Å². The zero-order valence-electron chi connectivity index (χ0n) is 6.47. The average molecular weight is 138 g/mol. The highest BCUT2D eigenvalue weighted by Crippen LogP contribution is 2.27. The molecule has 1 fully saturated rings. The van der Waals surface area contributed by atoms with E-state index in [0.29, 0.717) is 5.92 Å². The van der Waals surface area contributed by atoms with Gasteiger partial charge in [0, 0.05) is 0 Å². The van der Waals surface area contributed by atoms with Crippen LogP contribution in [0.3, 0.4) is 0 Å². The van der Waals surface area contributed by atoms with Crippen molar-refractivity contribution in [2.45, 2.75) is 32.6 Å². The Morgan fingerprint density at radius 2 is 2.30 bits per heavy atom. The van der Waals surface area contributed by atoms with Crippen molar-refractivity contribution in [2.75, 3.05) is 0 Å². The van der Waals surface area contributed by atoms with Crippen molar-refractivity contribution in [3.8, 4) is 0 Å². The topological polar surface area (TPSA) is 17.1 Å². The number of aldehydes is 1. The fraction of sp³-hybridized carbons (Fsp3) is 0.667. The third-order valence-corrected chi connectivity index (χ3v) is 2.27. The summed E-state index contributed by atoms with van der Waals surface area (Å²) in [7, 11) is 0. The highest BCUT2D eigenvalue weighted by molar-refractivity contribution is 5.66. The number of carbonyl (C=O) groups is 1. The van der Waals surface area contributed by atoms with Crippen LogP contribution in [-0.4, -0.2) is 6.29 Å². The van der Waals surface area contributed by atoms with Crippen LogP contribution in [0.15, 0.2) is 11.6 Å². The zero-order valence-corrected chi connectivity index (χ0v) is 6.47. The number of hydrogen-bond donors (Lipinski definition) is 0. The summed E-state index contributed by atoms with van der Waals surface area (Å²) in [6, 6.07) is 0. The molecule has 1 unspecified atom stereocenters. The SMILES string of the molecule is CC1CCCC/C1=C/C=O. The normalized spacial score (nSPS) is 30.5. The van der Waals surface area contributed by atoms with Gasteiger partial charge in [-0.05, 0) is 31.3 Å². The molecular formula is C9H14O. The third-order valence-electron chi connectivity index (χ3n) is 2.27. The molecule has 1 aliphatic rings. The van der Waals surface area contributed by atoms with Gasteiger partial charge in [0.2, 0.25) is 0 Å². The predicted molar refractivity (Wildman–Crippen MR) is 41.8 cm³/mol. The van der Waals surface area contributed by atoms with Gasteiger partial charge in [0.15, 0.2) is 0 Å². The molecule has 0 radical (unpaired) electrons. The van der Waals surface area contributed by atoms with E-state index in [9.17, 15) is 4.79 Å². The molecule has 10 heavy (non-hydrogen) atoms. The Balaban J connectivity index is 2.55. The van der Waals surface area contributed by atoms with Gasteiger partial charge >= 0.3 is 0 Å². The molecular weight excluding hydrogens is 124 g/mol. The van der Waals surface area contributed by atoms with Gasteiger partial charge < -0.3 is 0 Å². The molecule has 1 aliphatic carbocycles. The van der Waals surface area contributed by atoms with Gasteiger partial charge in [-0.3, -0.25) is 4.79 Å². The average Bonchev–Trinajstić information content (AvgIpc) is 1.94. The minimum atomic E-state index is 0.652. The largest absolute Gasteiger partial charge is 0.299 e. The summed E-state index contributed by atoms with van der Waals surface area (Å²) < 4.78 is 0. The Hall–Kier alpha value is -0.590. The van der Waals surface area contributed by atoms with E-state index < -0.39 is 0 Å². The second kappa shape index (κ2) is 3.55. The molecule has 0 spiro atoms. The van der Waals surface area contributed by atoms with Crippen LogP contribution >= 0.6 is 0 Å². The summed E-state index contributed by atoms with van der Waals surface area (Å²) in [5, 5.41) is 0. The van der Waals surface area contributed by atoms with Crippen LogP contribution < -0.4 is 0 Å². The van der Waals surface area contributed by atoms with Crippen molar-refractivity contribution in [1.82, 2.24) is 0 Å². The Kier molecular flexibility index (Phi) is 2.67. The molecule has 0 aromatic heterocycles. The van der Waals surface area contributed by atoms with E-state index in [4.69, 9.17) is 0 Å². The minimum Gasteiger partial charge on any atom is -0.299 e. The van der Waals surface area contributed by atoms with Gasteiger partial charge in [-0.2, -0.15) is 0 Å². The zero-order chi connectivity index (χ0) is 7.40. The molecule has 0 heterocycles. The van der Waals surface area contributed by atoms with E-state index in [0.717, 1.165) is 12.7 Å². The van der Waals surface area contributed by atoms with E-state index in [1.807, 2.05) is 0 Å². The molecule has 0 amide bonds. The van der Waals surface area contributed by atoms with Crippen molar-refractivity contribution in [3.05, 3.63) is 11.6 Å². The number of rotatable bonds is 1. The molecule has 0 N–H and O–H groups in total. The molecule has 0 aromatic carbocycles. The number of hydrogen-bond acceptors (Lipinski definition) is 1. The smallest absolute Gasteiger partial charge is 0.142 e. The first kappa shape index (κ1) is 7.52. The van der Waals surface area contributed by atoms with Gasteiger partial charge in [-0.1, -0.05) is 18.9 Å². The highest BCUT2D eigenvalue weighted by atomic mass is 16.1. The first-order chi connectivity index (χ1) is 4.84. The van der Waals surface area contributed by atoms with Crippen LogP contribution in [0.4, 0.5) is 0 Å². The summed E-state index contributed by atoms with van der Waals surface area (Å²) in [6.45, 7) is 2.20. The first-order valence-corrected chi connectivity index (χ1v) is 3.99. The quantitative estimate of drug-likeness (QED) is 0.401. The Morgan fingerprint density at radius 1 is 1.50 bits per heavy atom. The summed E-state index contributed by atoms with van der Waals surface area (Å²) in [6.07, 6.45) is 7.65. The van der Waals surface area contributed by atoms with E-state index in [1.165, 1.54) is 24.8 Å². The van der Waals surface area contributed by atoms with Crippen LogP contribution in [-0.2, 0) is 4.79 Å². The van der Waals surface area contributed by atoms with Crippen LogP contribution in [0.5, 0.6) is 0 Å². The van der Waals surface area contributed by atoms with Crippen molar-refractivity contribution in [2.24, 2.45) is 5.92 Å². The lowest BCUT2D eigenvalue weighted by atomic mass is 9.85. The predicted octanol–water partition coefficient (Wildman–Crippen LogP) is 2.32. The van der Waals surface area contributed by atoms with Crippen LogP contribution in [0.2, 0.25) is 0 Å². The molecule has 1 saturated carbocycles. The molecule has 1 rings (SSSR count). The van der Waals surface area contributed by atoms with Gasteiger partial charge in [0.25, 0.3) is 0 Å². The molecule has 1 atom stereocenters. The Morgan fingerprint density at radius 3 is 2.90 bits per heavy atom. The lowest BCUT2D eigenvalue weighted by Gasteiger charge is -2.20. The maximum atomic E-state index is 10.1. The third kappa shape index (κ3) is 1.69. The van der Waals surface area contributed by atoms with Gasteiger partial charge in [0.05, 0.1) is 0 Å². The van der Waals surface area contributed by atoms with Crippen molar-refractivity contribution < 1.29 is 4.79 Å². The fourth-order valence-corrected chi connectivity index (χ4v) is 1.55. The molecule has 1 heteroatoms. The summed E-state index contributed by atoms with van der Waals surface area (Å²) in [5.41, 5.74) is 1.35. The van der Waals surface area contributed by atoms with E-state index in [-0.39, 0.29) is 0 Å². The van der Waals surface area contributed by atoms with Crippen LogP contribution in [0.25, 0.3) is 0 Å². The van der Waals surface area contributed by atoms with Gasteiger partial charge in [-0.25, -0.2) is 0 Å². The number of allylic oxidation sites excluding steroid dienone is 2. The van der Waals surface area contributed by atoms with Gasteiger partial charge in [-0.15, -0.1) is 0 Å². The Bertz CT molecular complexity index is 147. The molecule has 0 saturated heterocycles. The lowest BCUT2D eigenvalue weighted by molar-refractivity contribution is -0.104. The van der Waals surface area contributed by atoms with Gasteiger partial charge in [0.1, 0.15) is 6.29 Å². The summed E-state index contributed by atoms with van der Waals surface area (Å²) in [4.78, 5) is 10.1. The second-order valence-corrected chi connectivity index (χ2v) is 3.02. The van der Waals surface area contributed by atoms with Crippen LogP contribution in [0, 0.1) is 5.92 Å². The first-order valence-electron chi connectivity index (χ1n) is 3.99. The summed E-state index contributed by atoms with van der Waals surface area (Å²) in [5.74, 6) is 0.652. The molecule has 0 aromatic rings. The van der Waals surface area contributed by atoms with Crippen molar-refractivity contribution in [3.63, 3.8) is 0 Å². The highest BCUT2D eigenvalue weighted by Gasteiger charge is 2.12. The fourth-order valence-electron chi connectivity index (χ4n) is 1.55. The lowest BCUT2D eigenvalue weighted by Crippen LogP contribution is -2.05. The standard InChI is InChI=1S/C9H14O/c1-8-4-2-3-5-9(8)6-7-10/h6-8H,2-5H2,1H3/b9-6-. The Labute approximate surface area is 62.1 Å². The van der Waals surface area contributed by atoms with E-state index >= 15 is 0 Å². The summed E-state index contributed by atoms with van der Waals surface area (Å²) >= 11 is 0. The van der Waals surface area contributed by atoms with Crippen molar-refractivity contribution in [1.29, 1.82) is 0 Å². The maximum absolute atomic E-state index is 10.1. The molecule has 56 valence electrons. The number of carbonyl (C=O) groups excluding carboxylic acids is 1. The van der Waals surface area contributed by atoms with E-state index in [1.54, 1.807) is 6.08 Å². The van der Waals surface area contributed by atoms with Crippen molar-refractivity contribution >= 4 is 6.29 Å².